The maximum atomic E-state index is 6.00. The number of para-hydroxylation sites is 2. The van der Waals surface area contributed by atoms with Crippen LogP contribution in [0.2, 0.25) is 0 Å². The fourth-order valence-electron chi connectivity index (χ4n) is 2.82. The van der Waals surface area contributed by atoms with Gasteiger partial charge in [-0.3, -0.25) is 8.96 Å². The second-order valence-corrected chi connectivity index (χ2v) is 6.82. The van der Waals surface area contributed by atoms with Crippen molar-refractivity contribution >= 4 is 23.0 Å². The van der Waals surface area contributed by atoms with Crippen LogP contribution in [0.25, 0.3) is 22.6 Å². The smallest absolute Gasteiger partial charge is 0.196 e. The second kappa shape index (κ2) is 8.56. The molecule has 0 aliphatic heterocycles. The lowest BCUT2D eigenvalue weighted by atomic mass is 10.2. The summed E-state index contributed by atoms with van der Waals surface area (Å²) in [7, 11) is 0. The van der Waals surface area contributed by atoms with E-state index in [4.69, 9.17) is 14.5 Å². The third-order valence-corrected chi connectivity index (χ3v) is 4.95. The molecule has 3 rings (SSSR count). The van der Waals surface area contributed by atoms with Gasteiger partial charge in [-0.25, -0.2) is 4.98 Å². The van der Waals surface area contributed by atoms with Crippen molar-refractivity contribution < 1.29 is 9.47 Å². The van der Waals surface area contributed by atoms with Crippen LogP contribution >= 0.6 is 11.9 Å². The number of unbranched alkanes of at least 4 members (excludes halogenated alkanes) is 1. The Labute approximate surface area is 158 Å². The number of hydrogen-bond donors (Lipinski definition) is 0. The first-order valence-corrected chi connectivity index (χ1v) is 10.1. The summed E-state index contributed by atoms with van der Waals surface area (Å²) in [6, 6.07) is 9.99. The zero-order valence-corrected chi connectivity index (χ0v) is 16.5. The van der Waals surface area contributed by atoms with Gasteiger partial charge in [-0.1, -0.05) is 25.5 Å². The van der Waals surface area contributed by atoms with Gasteiger partial charge in [0.2, 0.25) is 0 Å². The Morgan fingerprint density at radius 2 is 2.04 bits per heavy atom. The largest absolute Gasteiger partial charge is 0.465 e. The van der Waals surface area contributed by atoms with Crippen molar-refractivity contribution in [1.29, 1.82) is 0 Å². The summed E-state index contributed by atoms with van der Waals surface area (Å²) in [4.78, 5) is 9.37. The van der Waals surface area contributed by atoms with Crippen LogP contribution in [0.3, 0.4) is 0 Å². The fourth-order valence-corrected chi connectivity index (χ4v) is 3.47. The molecule has 1 atom stereocenters. The van der Waals surface area contributed by atoms with Gasteiger partial charge in [0.1, 0.15) is 11.4 Å². The number of pyridine rings is 1. The van der Waals surface area contributed by atoms with Crippen molar-refractivity contribution in [2.24, 2.45) is 0 Å². The lowest BCUT2D eigenvalue weighted by molar-refractivity contribution is -0.0677. The first-order valence-electron chi connectivity index (χ1n) is 8.92. The SMILES string of the molecule is CCCCOC(C)Oc1ccnc(-c2nc3ccccc3n2SC)c1C. The Bertz CT molecular complexity index is 879. The van der Waals surface area contributed by atoms with Crippen LogP contribution in [0.4, 0.5) is 0 Å². The van der Waals surface area contributed by atoms with E-state index in [0.717, 1.165) is 46.7 Å². The summed E-state index contributed by atoms with van der Waals surface area (Å²) in [5, 5.41) is 0. The normalized spacial score (nSPS) is 12.5. The Morgan fingerprint density at radius 1 is 1.23 bits per heavy atom. The summed E-state index contributed by atoms with van der Waals surface area (Å²) in [5.41, 5.74) is 3.83. The minimum Gasteiger partial charge on any atom is -0.465 e. The fraction of sp³-hybridized carbons (Fsp3) is 0.400. The van der Waals surface area contributed by atoms with Crippen molar-refractivity contribution in [2.75, 3.05) is 12.9 Å². The maximum absolute atomic E-state index is 6.00. The lowest BCUT2D eigenvalue weighted by Crippen LogP contribution is -2.17. The van der Waals surface area contributed by atoms with Crippen molar-refractivity contribution in [3.63, 3.8) is 0 Å². The van der Waals surface area contributed by atoms with Gasteiger partial charge >= 0.3 is 0 Å². The molecule has 0 spiro atoms. The van der Waals surface area contributed by atoms with Gasteiger partial charge in [0, 0.05) is 18.0 Å². The molecule has 5 nitrogen and oxygen atoms in total. The van der Waals surface area contributed by atoms with Gasteiger partial charge in [0.15, 0.2) is 12.1 Å². The van der Waals surface area contributed by atoms with E-state index >= 15 is 0 Å². The van der Waals surface area contributed by atoms with Crippen molar-refractivity contribution in [2.45, 2.75) is 39.9 Å². The second-order valence-electron chi connectivity index (χ2n) is 6.09. The molecule has 0 amide bonds. The standard InChI is InChI=1S/C20H25N3O2S/c1-5-6-13-24-15(3)25-18-11-12-21-19(14(18)2)20-22-16-9-7-8-10-17(16)23(20)26-4/h7-12,15H,5-6,13H2,1-4H3. The van der Waals surface area contributed by atoms with Crippen LogP contribution in [0.15, 0.2) is 36.5 Å². The Kier molecular flexibility index (Phi) is 6.16. The van der Waals surface area contributed by atoms with Crippen LogP contribution in [0.1, 0.15) is 32.3 Å². The Hall–Kier alpha value is -2.05. The minimum absolute atomic E-state index is 0.296. The van der Waals surface area contributed by atoms with Crippen molar-refractivity contribution in [3.8, 4) is 17.3 Å². The molecular weight excluding hydrogens is 346 g/mol. The number of benzene rings is 1. The van der Waals surface area contributed by atoms with E-state index in [9.17, 15) is 0 Å². The molecule has 0 aliphatic rings. The molecule has 2 aromatic heterocycles. The number of aromatic nitrogens is 3. The number of hydrogen-bond acceptors (Lipinski definition) is 5. The topological polar surface area (TPSA) is 49.2 Å². The summed E-state index contributed by atoms with van der Waals surface area (Å²) in [6.45, 7) is 6.79. The molecular formula is C20H25N3O2S. The van der Waals surface area contributed by atoms with E-state index in [1.807, 2.05) is 44.4 Å². The van der Waals surface area contributed by atoms with Crippen molar-refractivity contribution in [3.05, 3.63) is 42.1 Å². The van der Waals surface area contributed by atoms with Crippen LogP contribution < -0.4 is 4.74 Å². The summed E-state index contributed by atoms with van der Waals surface area (Å²) in [5.74, 6) is 1.61. The van der Waals surface area contributed by atoms with Gasteiger partial charge < -0.3 is 9.47 Å². The molecule has 0 saturated carbocycles. The predicted molar refractivity (Wildman–Crippen MR) is 108 cm³/mol. The summed E-state index contributed by atoms with van der Waals surface area (Å²) >= 11 is 1.62. The first-order chi connectivity index (χ1) is 12.7. The number of fused-ring (bicyclic) bond motifs is 1. The predicted octanol–water partition coefficient (Wildman–Crippen LogP) is 5.07. The molecule has 0 radical (unpaired) electrons. The Morgan fingerprint density at radius 3 is 2.81 bits per heavy atom. The highest BCUT2D eigenvalue weighted by Crippen LogP contribution is 2.32. The molecule has 0 aliphatic carbocycles. The molecule has 0 N–H and O–H groups in total. The van der Waals surface area contributed by atoms with E-state index in [1.54, 1.807) is 18.1 Å². The monoisotopic (exact) mass is 371 g/mol. The highest BCUT2D eigenvalue weighted by molar-refractivity contribution is 7.97. The molecule has 0 saturated heterocycles. The summed E-state index contributed by atoms with van der Waals surface area (Å²) in [6.07, 6.45) is 5.65. The third-order valence-electron chi connectivity index (χ3n) is 4.21. The van der Waals surface area contributed by atoms with Gasteiger partial charge in [-0.2, -0.15) is 0 Å². The van der Waals surface area contributed by atoms with E-state index in [0.29, 0.717) is 6.61 Å². The highest BCUT2D eigenvalue weighted by atomic mass is 32.2. The zero-order valence-electron chi connectivity index (χ0n) is 15.7. The Balaban J connectivity index is 1.92. The zero-order chi connectivity index (χ0) is 18.5. The van der Waals surface area contributed by atoms with Gasteiger partial charge in [-0.05, 0) is 50.4 Å². The number of imidazole rings is 1. The quantitative estimate of drug-likeness (QED) is 0.408. The van der Waals surface area contributed by atoms with Gasteiger partial charge in [0.25, 0.3) is 0 Å². The molecule has 1 aromatic carbocycles. The molecule has 0 bridgehead atoms. The van der Waals surface area contributed by atoms with Gasteiger partial charge in [0.05, 0.1) is 17.6 Å². The highest BCUT2D eigenvalue weighted by Gasteiger charge is 2.18. The molecule has 6 heteroatoms. The van der Waals surface area contributed by atoms with E-state index in [1.165, 1.54) is 0 Å². The maximum Gasteiger partial charge on any atom is 0.196 e. The van der Waals surface area contributed by atoms with Gasteiger partial charge in [-0.15, -0.1) is 0 Å². The van der Waals surface area contributed by atoms with Crippen molar-refractivity contribution in [1.82, 2.24) is 13.9 Å². The molecule has 26 heavy (non-hydrogen) atoms. The van der Waals surface area contributed by atoms with E-state index < -0.39 is 0 Å². The van der Waals surface area contributed by atoms with Crippen LogP contribution in [-0.2, 0) is 4.74 Å². The van der Waals surface area contributed by atoms with Crippen LogP contribution in [-0.4, -0.2) is 33.1 Å². The average molecular weight is 372 g/mol. The number of rotatable bonds is 8. The molecule has 138 valence electrons. The molecule has 2 heterocycles. The van der Waals surface area contributed by atoms with E-state index in [-0.39, 0.29) is 6.29 Å². The lowest BCUT2D eigenvalue weighted by Gasteiger charge is -2.18. The van der Waals surface area contributed by atoms with Crippen LogP contribution in [0.5, 0.6) is 5.75 Å². The number of nitrogens with zero attached hydrogens (tertiary/aromatic N) is 3. The summed E-state index contributed by atoms with van der Waals surface area (Å²) < 4.78 is 13.8. The molecule has 0 fully saturated rings. The van der Waals surface area contributed by atoms with Crippen LogP contribution in [0, 0.1) is 6.92 Å². The minimum atomic E-state index is -0.296. The third kappa shape index (κ3) is 3.86. The average Bonchev–Trinajstić information content (AvgIpc) is 3.02. The first kappa shape index (κ1) is 18.7. The molecule has 1 unspecified atom stereocenters. The molecule has 3 aromatic rings. The van der Waals surface area contributed by atoms with E-state index in [2.05, 4.69) is 21.9 Å². The number of ether oxygens (including phenoxy) is 2.